The predicted molar refractivity (Wildman–Crippen MR) is 73.9 cm³/mol. The van der Waals surface area contributed by atoms with Crippen molar-refractivity contribution in [1.82, 2.24) is 4.90 Å². The molecule has 1 saturated heterocycles. The van der Waals surface area contributed by atoms with Gasteiger partial charge < -0.3 is 4.74 Å². The van der Waals surface area contributed by atoms with E-state index in [0.29, 0.717) is 18.4 Å². The third-order valence-corrected chi connectivity index (χ3v) is 4.16. The van der Waals surface area contributed by atoms with Crippen molar-refractivity contribution in [3.63, 3.8) is 0 Å². The lowest BCUT2D eigenvalue weighted by atomic mass is 9.85. The number of hydrogen-bond donors (Lipinski definition) is 0. The first kappa shape index (κ1) is 13.8. The zero-order chi connectivity index (χ0) is 15.0. The summed E-state index contributed by atoms with van der Waals surface area (Å²) in [6, 6.07) is 4.48. The van der Waals surface area contributed by atoms with Crippen molar-refractivity contribution in [3.05, 3.63) is 41.7 Å². The quantitative estimate of drug-likeness (QED) is 0.633. The Morgan fingerprint density at radius 1 is 1.19 bits per heavy atom. The number of nitrogens with zero attached hydrogens (tertiary/aromatic N) is 1. The molecule has 1 aliphatic carbocycles. The van der Waals surface area contributed by atoms with Gasteiger partial charge in [-0.05, 0) is 30.5 Å². The number of allylic oxidation sites excluding steroid dienone is 2. The molecular weight excluding hydrogens is 273 g/mol. The van der Waals surface area contributed by atoms with Crippen LogP contribution in [0.5, 0.6) is 5.75 Å². The van der Waals surface area contributed by atoms with Gasteiger partial charge in [-0.25, -0.2) is 4.39 Å². The Bertz CT molecular complexity index is 600. The number of ether oxygens (including phenoxy) is 1. The van der Waals surface area contributed by atoms with Gasteiger partial charge in [0.15, 0.2) is 11.6 Å². The van der Waals surface area contributed by atoms with Crippen LogP contribution in [0.1, 0.15) is 18.4 Å². The number of methoxy groups -OCH3 is 1. The van der Waals surface area contributed by atoms with Gasteiger partial charge in [-0.3, -0.25) is 14.5 Å². The van der Waals surface area contributed by atoms with Crippen molar-refractivity contribution in [3.8, 4) is 5.75 Å². The second kappa shape index (κ2) is 5.31. The lowest BCUT2D eigenvalue weighted by Crippen LogP contribution is -2.30. The average Bonchev–Trinajstić information content (AvgIpc) is 2.73. The Morgan fingerprint density at radius 2 is 1.81 bits per heavy atom. The number of carbonyl (C=O) groups is 2. The monoisotopic (exact) mass is 289 g/mol. The number of hydrogen-bond acceptors (Lipinski definition) is 3. The second-order valence-electron chi connectivity index (χ2n) is 5.39. The summed E-state index contributed by atoms with van der Waals surface area (Å²) in [5.41, 5.74) is 0.585. The minimum atomic E-state index is -0.492. The minimum Gasteiger partial charge on any atom is -0.494 e. The van der Waals surface area contributed by atoms with E-state index in [4.69, 9.17) is 4.74 Å². The number of imide groups is 1. The van der Waals surface area contributed by atoms with Crippen LogP contribution in [0.25, 0.3) is 0 Å². The molecule has 1 aliphatic heterocycles. The maximum absolute atomic E-state index is 13.7. The molecule has 1 heterocycles. The van der Waals surface area contributed by atoms with Gasteiger partial charge in [0.25, 0.3) is 0 Å². The molecule has 0 bridgehead atoms. The van der Waals surface area contributed by atoms with Crippen molar-refractivity contribution >= 4 is 11.8 Å². The van der Waals surface area contributed by atoms with Gasteiger partial charge >= 0.3 is 0 Å². The Kier molecular flexibility index (Phi) is 3.49. The highest BCUT2D eigenvalue weighted by Crippen LogP contribution is 2.35. The van der Waals surface area contributed by atoms with E-state index in [1.807, 2.05) is 12.2 Å². The Balaban J connectivity index is 1.80. The molecule has 0 N–H and O–H groups in total. The fourth-order valence-corrected chi connectivity index (χ4v) is 3.02. The molecule has 0 spiro atoms. The zero-order valence-corrected chi connectivity index (χ0v) is 11.7. The fourth-order valence-electron chi connectivity index (χ4n) is 3.02. The minimum absolute atomic E-state index is 0.117. The van der Waals surface area contributed by atoms with Crippen LogP contribution in [0.15, 0.2) is 30.4 Å². The van der Waals surface area contributed by atoms with E-state index in [0.717, 1.165) is 0 Å². The number of rotatable bonds is 3. The Hall–Kier alpha value is -2.17. The van der Waals surface area contributed by atoms with Gasteiger partial charge in [0.05, 0.1) is 25.5 Å². The number of halogens is 1. The summed E-state index contributed by atoms with van der Waals surface area (Å²) in [4.78, 5) is 25.9. The third-order valence-electron chi connectivity index (χ3n) is 4.16. The molecule has 2 aliphatic rings. The highest BCUT2D eigenvalue weighted by molar-refractivity contribution is 6.05. The highest BCUT2D eigenvalue weighted by Gasteiger charge is 2.46. The summed E-state index contributed by atoms with van der Waals surface area (Å²) in [5.74, 6) is -1.13. The molecule has 0 aromatic heterocycles. The average molecular weight is 289 g/mol. The van der Waals surface area contributed by atoms with E-state index < -0.39 is 5.82 Å². The van der Waals surface area contributed by atoms with Crippen LogP contribution in [0, 0.1) is 17.7 Å². The molecule has 0 radical (unpaired) electrons. The molecule has 21 heavy (non-hydrogen) atoms. The van der Waals surface area contributed by atoms with Crippen LogP contribution in [-0.4, -0.2) is 23.8 Å². The van der Waals surface area contributed by atoms with Gasteiger partial charge in [-0.1, -0.05) is 18.2 Å². The molecular formula is C16H16FNO3. The first-order chi connectivity index (χ1) is 10.1. The van der Waals surface area contributed by atoms with Gasteiger partial charge in [0, 0.05) is 0 Å². The molecule has 3 rings (SSSR count). The van der Waals surface area contributed by atoms with Crippen molar-refractivity contribution in [2.24, 2.45) is 11.8 Å². The van der Waals surface area contributed by atoms with Gasteiger partial charge in [0.1, 0.15) is 0 Å². The first-order valence-electron chi connectivity index (χ1n) is 6.94. The SMILES string of the molecule is COc1ccc(CN2C(=O)C3CC=CCC3C2=O)cc1F. The summed E-state index contributed by atoms with van der Waals surface area (Å²) in [5, 5.41) is 0. The van der Waals surface area contributed by atoms with E-state index in [1.165, 1.54) is 24.1 Å². The molecule has 2 atom stereocenters. The van der Waals surface area contributed by atoms with E-state index in [9.17, 15) is 14.0 Å². The fraction of sp³-hybridized carbons (Fsp3) is 0.375. The van der Waals surface area contributed by atoms with Gasteiger partial charge in [-0.15, -0.1) is 0 Å². The summed E-state index contributed by atoms with van der Waals surface area (Å²) < 4.78 is 18.5. The standard InChI is InChI=1S/C16H16FNO3/c1-21-14-7-6-10(8-13(14)17)9-18-15(19)11-4-2-3-5-12(11)16(18)20/h2-3,6-8,11-12H,4-5,9H2,1H3. The van der Waals surface area contributed by atoms with E-state index in [2.05, 4.69) is 0 Å². The third kappa shape index (κ3) is 2.33. The summed E-state index contributed by atoms with van der Waals surface area (Å²) in [7, 11) is 1.39. The van der Waals surface area contributed by atoms with Gasteiger partial charge in [0.2, 0.25) is 11.8 Å². The molecule has 4 nitrogen and oxygen atoms in total. The zero-order valence-electron chi connectivity index (χ0n) is 11.7. The number of likely N-dealkylation sites (tertiary alicyclic amines) is 1. The van der Waals surface area contributed by atoms with E-state index in [-0.39, 0.29) is 35.9 Å². The second-order valence-corrected chi connectivity index (χ2v) is 5.39. The molecule has 5 heteroatoms. The van der Waals surface area contributed by atoms with Crippen LogP contribution in [0.3, 0.4) is 0 Å². The molecule has 110 valence electrons. The number of carbonyl (C=O) groups excluding carboxylic acids is 2. The maximum Gasteiger partial charge on any atom is 0.233 e. The van der Waals surface area contributed by atoms with Crippen LogP contribution in [0.4, 0.5) is 4.39 Å². The summed E-state index contributed by atoms with van der Waals surface area (Å²) >= 11 is 0. The normalized spacial score (nSPS) is 24.4. The summed E-state index contributed by atoms with van der Waals surface area (Å²) in [6.45, 7) is 0.117. The number of amides is 2. The lowest BCUT2D eigenvalue weighted by Gasteiger charge is -2.15. The van der Waals surface area contributed by atoms with E-state index >= 15 is 0 Å². The first-order valence-corrected chi connectivity index (χ1v) is 6.94. The van der Waals surface area contributed by atoms with Gasteiger partial charge in [-0.2, -0.15) is 0 Å². The van der Waals surface area contributed by atoms with Crippen LogP contribution in [0.2, 0.25) is 0 Å². The number of benzene rings is 1. The molecule has 2 unspecified atom stereocenters. The van der Waals surface area contributed by atoms with Crippen LogP contribution >= 0.6 is 0 Å². The smallest absolute Gasteiger partial charge is 0.233 e. The van der Waals surface area contributed by atoms with Crippen LogP contribution in [-0.2, 0) is 16.1 Å². The molecule has 1 aromatic carbocycles. The number of fused-ring (bicyclic) bond motifs is 1. The van der Waals surface area contributed by atoms with Crippen LogP contribution < -0.4 is 4.74 Å². The van der Waals surface area contributed by atoms with Crippen molar-refractivity contribution in [2.75, 3.05) is 7.11 Å². The van der Waals surface area contributed by atoms with Crippen molar-refractivity contribution < 1.29 is 18.7 Å². The Labute approximate surface area is 122 Å². The van der Waals surface area contributed by atoms with E-state index in [1.54, 1.807) is 6.07 Å². The topological polar surface area (TPSA) is 46.6 Å². The van der Waals surface area contributed by atoms with Crippen molar-refractivity contribution in [2.45, 2.75) is 19.4 Å². The molecule has 0 saturated carbocycles. The summed E-state index contributed by atoms with van der Waals surface area (Å²) in [6.07, 6.45) is 5.12. The maximum atomic E-state index is 13.7. The lowest BCUT2D eigenvalue weighted by molar-refractivity contribution is -0.140. The van der Waals surface area contributed by atoms with Crippen molar-refractivity contribution in [1.29, 1.82) is 0 Å². The highest BCUT2D eigenvalue weighted by atomic mass is 19.1. The molecule has 2 amide bonds. The Morgan fingerprint density at radius 3 is 2.33 bits per heavy atom. The molecule has 1 aromatic rings. The predicted octanol–water partition coefficient (Wildman–Crippen LogP) is 2.29. The largest absolute Gasteiger partial charge is 0.494 e. The molecule has 1 fully saturated rings.